The van der Waals surface area contributed by atoms with E-state index in [0.29, 0.717) is 38.5 Å². The van der Waals surface area contributed by atoms with Crippen LogP contribution in [-0.2, 0) is 42.8 Å². The van der Waals surface area contributed by atoms with Crippen molar-refractivity contribution in [3.05, 3.63) is 48.2 Å². The molecule has 2 aliphatic heterocycles. The summed E-state index contributed by atoms with van der Waals surface area (Å²) in [5, 5.41) is 22.7. The number of methoxy groups -OCH3 is 4. The number of amides is 1. The first-order valence-corrected chi connectivity index (χ1v) is 20.7. The highest BCUT2D eigenvalue weighted by molar-refractivity contribution is 5.82. The molecule has 2 N–H and O–H groups in total. The van der Waals surface area contributed by atoms with Crippen LogP contribution in [0.5, 0.6) is 0 Å². The number of carbonyl (C=O) groups is 3. The molecule has 1 amide bonds. The SMILES string of the molecule is CO[C@H]([C@H](C)/C=C/N(C)C=O)[C@@H](C)C(=O)CC[C@H](C)[C@H](O)[C@H](C)[C@H]1OC(=O)/C=C/C(C)=C/C[C@@H](O)C[C@@H]2C=CC[C@@H](C[C@H](OC)[C@@H](C)[C@@H](OC)C[C@@H](OC)[C@@H]1C)O2. The molecule has 57 heavy (non-hydrogen) atoms. The zero-order chi connectivity index (χ0) is 42.8. The second kappa shape index (κ2) is 25.7. The number of carbonyl (C=O) groups excluding carboxylic acids is 3. The second-order valence-corrected chi connectivity index (χ2v) is 16.6. The highest BCUT2D eigenvalue weighted by Gasteiger charge is 2.40. The average Bonchev–Trinajstić information content (AvgIpc) is 3.20. The number of nitrogens with zero attached hydrogens (tertiary/aromatic N) is 1. The lowest BCUT2D eigenvalue weighted by Crippen LogP contribution is -2.46. The minimum Gasteiger partial charge on any atom is -0.458 e. The molecule has 2 aliphatic rings. The Morgan fingerprint density at radius 3 is 2.21 bits per heavy atom. The van der Waals surface area contributed by atoms with E-state index in [1.54, 1.807) is 47.8 Å². The van der Waals surface area contributed by atoms with Crippen LogP contribution in [0.2, 0.25) is 0 Å². The topological polar surface area (TPSA) is 150 Å². The van der Waals surface area contributed by atoms with Crippen LogP contribution in [0.25, 0.3) is 0 Å². The van der Waals surface area contributed by atoms with Gasteiger partial charge < -0.3 is 43.5 Å². The fraction of sp³-hybridized carbons (Fsp3) is 0.756. The normalized spacial score (nSPS) is 33.1. The predicted molar refractivity (Wildman–Crippen MR) is 221 cm³/mol. The van der Waals surface area contributed by atoms with Crippen molar-refractivity contribution in [2.24, 2.45) is 35.5 Å². The number of ketones is 1. The smallest absolute Gasteiger partial charge is 0.331 e. The van der Waals surface area contributed by atoms with E-state index in [2.05, 4.69) is 13.0 Å². The number of hydrogen-bond acceptors (Lipinski definition) is 11. The molecule has 12 nitrogen and oxygen atoms in total. The summed E-state index contributed by atoms with van der Waals surface area (Å²) in [5.74, 6) is -2.33. The summed E-state index contributed by atoms with van der Waals surface area (Å²) >= 11 is 0. The van der Waals surface area contributed by atoms with Gasteiger partial charge in [0, 0.05) is 103 Å². The molecular weight excluding hydrogens is 730 g/mol. The second-order valence-electron chi connectivity index (χ2n) is 16.6. The molecule has 0 aromatic carbocycles. The minimum atomic E-state index is -0.911. The van der Waals surface area contributed by atoms with Gasteiger partial charge >= 0.3 is 5.97 Å². The monoisotopic (exact) mass is 806 g/mol. The van der Waals surface area contributed by atoms with Crippen molar-refractivity contribution < 1.29 is 53.0 Å². The van der Waals surface area contributed by atoms with Crippen LogP contribution in [0.15, 0.2) is 48.2 Å². The molecule has 12 heteroatoms. The molecule has 0 radical (unpaired) electrons. The van der Waals surface area contributed by atoms with Crippen LogP contribution in [0.1, 0.15) is 93.4 Å². The van der Waals surface area contributed by atoms with E-state index in [0.717, 1.165) is 12.0 Å². The summed E-state index contributed by atoms with van der Waals surface area (Å²) in [4.78, 5) is 39.3. The Morgan fingerprint density at radius 1 is 0.965 bits per heavy atom. The average molecular weight is 806 g/mol. The third-order valence-corrected chi connectivity index (χ3v) is 12.3. The van der Waals surface area contributed by atoms with Crippen molar-refractivity contribution >= 4 is 18.2 Å². The number of aliphatic hydroxyl groups excluding tert-OH is 2. The van der Waals surface area contributed by atoms with Crippen molar-refractivity contribution in [1.82, 2.24) is 4.90 Å². The first kappa shape index (κ1) is 50.4. The maximum Gasteiger partial charge on any atom is 0.331 e. The predicted octanol–water partition coefficient (Wildman–Crippen LogP) is 6.24. The number of aliphatic hydroxyl groups is 2. The van der Waals surface area contributed by atoms with E-state index in [4.69, 9.17) is 28.4 Å². The number of fused-ring (bicyclic) bond motifs is 2. The van der Waals surface area contributed by atoms with Crippen LogP contribution < -0.4 is 0 Å². The summed E-state index contributed by atoms with van der Waals surface area (Å²) in [7, 11) is 8.22. The fourth-order valence-electron chi connectivity index (χ4n) is 8.31. The van der Waals surface area contributed by atoms with Gasteiger partial charge in [-0.3, -0.25) is 9.59 Å². The zero-order valence-electron chi connectivity index (χ0n) is 36.7. The highest BCUT2D eigenvalue weighted by Crippen LogP contribution is 2.34. The summed E-state index contributed by atoms with van der Waals surface area (Å²) in [6.07, 6.45) is 12.8. The molecule has 0 saturated carbocycles. The van der Waals surface area contributed by atoms with Gasteiger partial charge in [-0.05, 0) is 32.1 Å². The molecule has 2 heterocycles. The minimum absolute atomic E-state index is 0.0147. The molecule has 0 fully saturated rings. The van der Waals surface area contributed by atoms with Gasteiger partial charge in [-0.2, -0.15) is 0 Å². The van der Waals surface area contributed by atoms with Crippen LogP contribution >= 0.6 is 0 Å². The van der Waals surface area contributed by atoms with Gasteiger partial charge in [0.1, 0.15) is 11.9 Å². The largest absolute Gasteiger partial charge is 0.458 e. The Morgan fingerprint density at radius 2 is 1.60 bits per heavy atom. The molecule has 0 saturated heterocycles. The molecule has 0 aromatic heterocycles. The van der Waals surface area contributed by atoms with Gasteiger partial charge in [0.05, 0.1) is 48.8 Å². The van der Waals surface area contributed by atoms with E-state index >= 15 is 0 Å². The summed E-state index contributed by atoms with van der Waals surface area (Å²) in [6, 6.07) is 0. The maximum atomic E-state index is 13.5. The fourth-order valence-corrected chi connectivity index (χ4v) is 8.31. The Labute approximate surface area is 343 Å². The van der Waals surface area contributed by atoms with Gasteiger partial charge in [-0.25, -0.2) is 4.79 Å². The molecule has 2 bridgehead atoms. The lowest BCUT2D eigenvalue weighted by molar-refractivity contribution is -0.159. The third kappa shape index (κ3) is 16.1. The summed E-state index contributed by atoms with van der Waals surface area (Å²) < 4.78 is 36.5. The number of hydrogen-bond donors (Lipinski definition) is 2. The Kier molecular flexibility index (Phi) is 22.7. The number of allylic oxidation sites excluding steroid dienone is 2. The number of rotatable bonds is 16. The number of Topliss-reactive ketones (excluding diaryl/α,β-unsaturated/α-hetero) is 1. The molecule has 0 spiro atoms. The van der Waals surface area contributed by atoms with Crippen LogP contribution in [0.3, 0.4) is 0 Å². The molecule has 0 aromatic rings. The Hall–Kier alpha value is -2.71. The maximum absolute atomic E-state index is 13.5. The van der Waals surface area contributed by atoms with Gasteiger partial charge in [0.2, 0.25) is 6.41 Å². The van der Waals surface area contributed by atoms with Crippen molar-refractivity contribution in [3.8, 4) is 0 Å². The summed E-state index contributed by atoms with van der Waals surface area (Å²) in [5.41, 5.74) is 0.799. The zero-order valence-corrected chi connectivity index (χ0v) is 36.7. The van der Waals surface area contributed by atoms with E-state index < -0.39 is 42.2 Å². The van der Waals surface area contributed by atoms with Crippen molar-refractivity contribution in [1.29, 1.82) is 0 Å². The van der Waals surface area contributed by atoms with Crippen LogP contribution in [-0.4, -0.2) is 124 Å². The molecule has 0 unspecified atom stereocenters. The number of cyclic esters (lactones) is 1. The lowest BCUT2D eigenvalue weighted by Gasteiger charge is -2.39. The van der Waals surface area contributed by atoms with Crippen molar-refractivity contribution in [2.75, 3.05) is 35.5 Å². The molecule has 0 aliphatic carbocycles. The summed E-state index contributed by atoms with van der Waals surface area (Å²) in [6.45, 7) is 13.5. The van der Waals surface area contributed by atoms with Crippen LogP contribution in [0.4, 0.5) is 0 Å². The lowest BCUT2D eigenvalue weighted by atomic mass is 9.78. The Bertz CT molecular complexity index is 1330. The van der Waals surface area contributed by atoms with E-state index in [1.165, 1.54) is 11.0 Å². The van der Waals surface area contributed by atoms with Gasteiger partial charge in [-0.1, -0.05) is 77.5 Å². The molecule has 2 rings (SSSR count). The van der Waals surface area contributed by atoms with Crippen LogP contribution in [0, 0.1) is 35.5 Å². The molecular formula is C45H75NO11. The molecule has 326 valence electrons. The van der Waals surface area contributed by atoms with Crippen molar-refractivity contribution in [3.63, 3.8) is 0 Å². The first-order chi connectivity index (χ1) is 27.0. The van der Waals surface area contributed by atoms with E-state index in [-0.39, 0.29) is 66.4 Å². The van der Waals surface area contributed by atoms with Crippen molar-refractivity contribution in [2.45, 2.75) is 148 Å². The third-order valence-electron chi connectivity index (χ3n) is 12.3. The first-order valence-electron chi connectivity index (χ1n) is 20.7. The van der Waals surface area contributed by atoms with E-state index in [1.807, 2.05) is 59.8 Å². The molecule has 15 atom stereocenters. The number of ether oxygens (including phenoxy) is 6. The quantitative estimate of drug-likeness (QED) is 0.104. The standard InChI is InChI=1S/C45H75NO11/c1-28-16-19-35(48)24-36-14-13-15-37(56-36)25-39(52-9)32(5)40(53-10)26-41(54-11)33(6)45(57-42(50)21-17-28)34(7)43(51)29(2)18-20-38(49)31(4)44(55-12)30(3)22-23-46(8)27-47/h13-14,16-17,21-23,27,29-37,39-41,43-45,48,51H,15,18-20,24-26H2,1-12H3/b21-17+,23-22+,28-16+/t29-,30+,31-,32+,33-,34-,35+,36-,37-,39-,40-,41+,43-,44+,45-/m0/s1. The van der Waals surface area contributed by atoms with Gasteiger partial charge in [0.15, 0.2) is 0 Å². The van der Waals surface area contributed by atoms with Gasteiger partial charge in [-0.15, -0.1) is 0 Å². The highest BCUT2D eigenvalue weighted by atomic mass is 16.5. The van der Waals surface area contributed by atoms with Gasteiger partial charge in [0.25, 0.3) is 0 Å². The Balaban J connectivity index is 2.36. The van der Waals surface area contributed by atoms with E-state index in [9.17, 15) is 24.6 Å². The number of esters is 1.